The fourth-order valence-corrected chi connectivity index (χ4v) is 2.02. The molecule has 0 fully saturated rings. The summed E-state index contributed by atoms with van der Waals surface area (Å²) in [7, 11) is 0. The Labute approximate surface area is 117 Å². The lowest BCUT2D eigenvalue weighted by Crippen LogP contribution is -2.29. The Morgan fingerprint density at radius 1 is 1.20 bits per heavy atom. The van der Waals surface area contributed by atoms with Crippen LogP contribution in [0.15, 0.2) is 48.5 Å². The first-order chi connectivity index (χ1) is 9.61. The Hall–Kier alpha value is -1.91. The van der Waals surface area contributed by atoms with Crippen LogP contribution in [0.25, 0.3) is 0 Å². The van der Waals surface area contributed by atoms with E-state index in [1.54, 1.807) is 49.4 Å². The number of aliphatic hydroxyl groups excluding tert-OH is 1. The molecule has 0 aromatic heterocycles. The van der Waals surface area contributed by atoms with Gasteiger partial charge < -0.3 is 15.6 Å². The van der Waals surface area contributed by atoms with E-state index in [2.05, 4.69) is 0 Å². The zero-order chi connectivity index (χ0) is 14.5. The van der Waals surface area contributed by atoms with E-state index in [1.165, 1.54) is 6.07 Å². The van der Waals surface area contributed by atoms with Gasteiger partial charge in [-0.05, 0) is 30.7 Å². The summed E-state index contributed by atoms with van der Waals surface area (Å²) in [4.78, 5) is 0. The summed E-state index contributed by atoms with van der Waals surface area (Å²) in [5.41, 5.74) is 7.08. The Bertz CT molecular complexity index is 572. The minimum atomic E-state index is -0.579. The van der Waals surface area contributed by atoms with Crippen molar-refractivity contribution in [3.05, 3.63) is 65.5 Å². The number of hydrogen-bond donors (Lipinski definition) is 2. The van der Waals surface area contributed by atoms with Crippen LogP contribution in [0.2, 0.25) is 0 Å². The van der Waals surface area contributed by atoms with Gasteiger partial charge in [-0.1, -0.05) is 30.3 Å². The standard InChI is InChI=1S/C16H18FNO2/c1-11(18)16(14-7-2-3-8-15(14)17)20-13-6-4-5-12(9-13)10-19/h2-9,11,16,19H,10,18H2,1H3. The maximum absolute atomic E-state index is 13.9. The van der Waals surface area contributed by atoms with Gasteiger partial charge in [0.15, 0.2) is 0 Å². The molecule has 0 aliphatic heterocycles. The van der Waals surface area contributed by atoms with Gasteiger partial charge in [-0.2, -0.15) is 0 Å². The molecule has 0 radical (unpaired) electrons. The summed E-state index contributed by atoms with van der Waals surface area (Å²) in [5.74, 6) is 0.218. The van der Waals surface area contributed by atoms with Crippen molar-refractivity contribution < 1.29 is 14.2 Å². The van der Waals surface area contributed by atoms with Crippen LogP contribution in [0, 0.1) is 5.82 Å². The number of benzene rings is 2. The molecule has 4 heteroatoms. The highest BCUT2D eigenvalue weighted by molar-refractivity contribution is 5.30. The van der Waals surface area contributed by atoms with Crippen molar-refractivity contribution in [2.75, 3.05) is 0 Å². The molecular formula is C16H18FNO2. The van der Waals surface area contributed by atoms with Gasteiger partial charge in [0.2, 0.25) is 0 Å². The van der Waals surface area contributed by atoms with E-state index in [0.717, 1.165) is 5.56 Å². The van der Waals surface area contributed by atoms with E-state index in [-0.39, 0.29) is 18.5 Å². The average Bonchev–Trinajstić information content (AvgIpc) is 2.45. The summed E-state index contributed by atoms with van der Waals surface area (Å²) in [6.07, 6.45) is -0.579. The molecule has 20 heavy (non-hydrogen) atoms. The molecular weight excluding hydrogens is 257 g/mol. The molecule has 3 nitrogen and oxygen atoms in total. The molecule has 2 aromatic rings. The minimum Gasteiger partial charge on any atom is -0.484 e. The van der Waals surface area contributed by atoms with E-state index in [4.69, 9.17) is 15.6 Å². The van der Waals surface area contributed by atoms with Crippen LogP contribution in [-0.2, 0) is 6.61 Å². The Kier molecular flexibility index (Phi) is 4.71. The van der Waals surface area contributed by atoms with Crippen LogP contribution in [0.3, 0.4) is 0 Å². The lowest BCUT2D eigenvalue weighted by Gasteiger charge is -2.23. The molecule has 3 N–H and O–H groups in total. The smallest absolute Gasteiger partial charge is 0.141 e. The van der Waals surface area contributed by atoms with E-state index in [0.29, 0.717) is 11.3 Å². The lowest BCUT2D eigenvalue weighted by molar-refractivity contribution is 0.175. The Morgan fingerprint density at radius 3 is 2.60 bits per heavy atom. The first-order valence-corrected chi connectivity index (χ1v) is 6.48. The molecule has 106 valence electrons. The maximum Gasteiger partial charge on any atom is 0.141 e. The molecule has 0 saturated carbocycles. The first kappa shape index (κ1) is 14.5. The molecule has 2 unspecified atom stereocenters. The van der Waals surface area contributed by atoms with Crippen molar-refractivity contribution in [3.8, 4) is 5.75 Å². The number of ether oxygens (including phenoxy) is 1. The molecule has 2 rings (SSSR count). The van der Waals surface area contributed by atoms with Gasteiger partial charge in [-0.3, -0.25) is 0 Å². The van der Waals surface area contributed by atoms with Gasteiger partial charge in [0.1, 0.15) is 17.7 Å². The number of nitrogens with two attached hydrogens (primary N) is 1. The summed E-state index contributed by atoms with van der Waals surface area (Å²) in [6, 6.07) is 13.1. The van der Waals surface area contributed by atoms with Crippen molar-refractivity contribution >= 4 is 0 Å². The molecule has 0 amide bonds. The van der Waals surface area contributed by atoms with Gasteiger partial charge in [0, 0.05) is 11.6 Å². The lowest BCUT2D eigenvalue weighted by atomic mass is 10.0. The fourth-order valence-electron chi connectivity index (χ4n) is 2.02. The average molecular weight is 275 g/mol. The van der Waals surface area contributed by atoms with Crippen molar-refractivity contribution in [2.24, 2.45) is 5.73 Å². The highest BCUT2D eigenvalue weighted by Gasteiger charge is 2.21. The first-order valence-electron chi connectivity index (χ1n) is 6.48. The number of aliphatic hydroxyl groups is 1. The summed E-state index contributed by atoms with van der Waals surface area (Å²) in [5, 5.41) is 9.13. The Morgan fingerprint density at radius 2 is 1.95 bits per heavy atom. The number of rotatable bonds is 5. The topological polar surface area (TPSA) is 55.5 Å². The van der Waals surface area contributed by atoms with Crippen LogP contribution in [0.1, 0.15) is 24.2 Å². The number of hydrogen-bond acceptors (Lipinski definition) is 3. The minimum absolute atomic E-state index is 0.0697. The van der Waals surface area contributed by atoms with Crippen molar-refractivity contribution in [2.45, 2.75) is 25.7 Å². The zero-order valence-electron chi connectivity index (χ0n) is 11.3. The van der Waals surface area contributed by atoms with Gasteiger partial charge >= 0.3 is 0 Å². The van der Waals surface area contributed by atoms with Gasteiger partial charge in [0.25, 0.3) is 0 Å². The quantitative estimate of drug-likeness (QED) is 0.882. The fraction of sp³-hybridized carbons (Fsp3) is 0.250. The van der Waals surface area contributed by atoms with E-state index in [9.17, 15) is 4.39 Å². The second kappa shape index (κ2) is 6.50. The van der Waals surface area contributed by atoms with Crippen LogP contribution in [0.5, 0.6) is 5.75 Å². The SMILES string of the molecule is CC(N)C(Oc1cccc(CO)c1)c1ccccc1F. The molecule has 0 spiro atoms. The number of halogens is 1. The summed E-state index contributed by atoms with van der Waals surface area (Å²) >= 11 is 0. The van der Waals surface area contributed by atoms with Gasteiger partial charge in [-0.25, -0.2) is 4.39 Å². The van der Waals surface area contributed by atoms with E-state index in [1.807, 2.05) is 0 Å². The second-order valence-corrected chi connectivity index (χ2v) is 4.72. The van der Waals surface area contributed by atoms with Crippen LogP contribution in [-0.4, -0.2) is 11.1 Å². The third-order valence-corrected chi connectivity index (χ3v) is 3.03. The summed E-state index contributed by atoms with van der Waals surface area (Å²) in [6.45, 7) is 1.70. The van der Waals surface area contributed by atoms with Crippen molar-refractivity contribution in [3.63, 3.8) is 0 Å². The van der Waals surface area contributed by atoms with Crippen molar-refractivity contribution in [1.29, 1.82) is 0 Å². The van der Waals surface area contributed by atoms with E-state index >= 15 is 0 Å². The third kappa shape index (κ3) is 3.35. The molecule has 2 atom stereocenters. The third-order valence-electron chi connectivity index (χ3n) is 3.03. The van der Waals surface area contributed by atoms with Crippen molar-refractivity contribution in [1.82, 2.24) is 0 Å². The molecule has 0 saturated heterocycles. The van der Waals surface area contributed by atoms with Gasteiger partial charge in [-0.15, -0.1) is 0 Å². The predicted octanol–water partition coefficient (Wildman–Crippen LogP) is 2.79. The highest BCUT2D eigenvalue weighted by atomic mass is 19.1. The Balaban J connectivity index is 2.28. The second-order valence-electron chi connectivity index (χ2n) is 4.72. The van der Waals surface area contributed by atoms with Crippen LogP contribution in [0.4, 0.5) is 4.39 Å². The van der Waals surface area contributed by atoms with Crippen LogP contribution >= 0.6 is 0 Å². The largest absolute Gasteiger partial charge is 0.484 e. The molecule has 0 aliphatic rings. The molecule has 2 aromatic carbocycles. The predicted molar refractivity (Wildman–Crippen MR) is 75.8 cm³/mol. The van der Waals surface area contributed by atoms with Gasteiger partial charge in [0.05, 0.1) is 6.61 Å². The molecule has 0 heterocycles. The summed E-state index contributed by atoms with van der Waals surface area (Å²) < 4.78 is 19.7. The molecule has 0 bridgehead atoms. The zero-order valence-corrected chi connectivity index (χ0v) is 11.3. The maximum atomic E-state index is 13.9. The highest BCUT2D eigenvalue weighted by Crippen LogP contribution is 2.26. The normalized spacial score (nSPS) is 13.8. The van der Waals surface area contributed by atoms with Crippen LogP contribution < -0.4 is 10.5 Å². The monoisotopic (exact) mass is 275 g/mol. The van der Waals surface area contributed by atoms with E-state index < -0.39 is 6.10 Å². The molecule has 0 aliphatic carbocycles.